The smallest absolute Gasteiger partial charge is 0.267 e. The van der Waals surface area contributed by atoms with E-state index in [-0.39, 0.29) is 17.2 Å². The molecule has 36 heavy (non-hydrogen) atoms. The molecule has 1 aliphatic rings. The van der Waals surface area contributed by atoms with E-state index in [1.165, 1.54) is 16.6 Å². The predicted octanol–water partition coefficient (Wildman–Crippen LogP) is 5.38. The minimum atomic E-state index is -0.206. The minimum Gasteiger partial charge on any atom is -0.493 e. The first-order valence-corrected chi connectivity index (χ1v) is 13.6. The molecule has 0 radical (unpaired) electrons. The maximum Gasteiger partial charge on any atom is 0.267 e. The van der Waals surface area contributed by atoms with Crippen LogP contribution in [0.15, 0.2) is 52.4 Å². The van der Waals surface area contributed by atoms with E-state index in [0.717, 1.165) is 52.7 Å². The third kappa shape index (κ3) is 4.73. The zero-order chi connectivity index (χ0) is 25.2. The SMILES string of the molecule is COc1ccc(NC(=O)CSc2nc3sc4c(c3c(=O)n2-c2ccc(C)cc2)CCCC4)cc1OC. The lowest BCUT2D eigenvalue weighted by molar-refractivity contribution is -0.113. The van der Waals surface area contributed by atoms with Crippen molar-refractivity contribution in [3.05, 3.63) is 68.8 Å². The van der Waals surface area contributed by atoms with Gasteiger partial charge in [-0.2, -0.15) is 0 Å². The molecule has 1 amide bonds. The molecule has 0 unspecified atom stereocenters. The fourth-order valence-corrected chi connectivity index (χ4v) is 6.56. The van der Waals surface area contributed by atoms with Crippen LogP contribution in [0.2, 0.25) is 0 Å². The van der Waals surface area contributed by atoms with Gasteiger partial charge in [0.05, 0.1) is 31.0 Å². The van der Waals surface area contributed by atoms with Crippen molar-refractivity contribution in [2.24, 2.45) is 0 Å². The van der Waals surface area contributed by atoms with E-state index < -0.39 is 0 Å². The summed E-state index contributed by atoms with van der Waals surface area (Å²) < 4.78 is 12.2. The zero-order valence-corrected chi connectivity index (χ0v) is 22.1. The molecule has 0 aliphatic heterocycles. The average Bonchev–Trinajstić information content (AvgIpc) is 3.27. The summed E-state index contributed by atoms with van der Waals surface area (Å²) in [5.41, 5.74) is 3.55. The fourth-order valence-electron chi connectivity index (χ4n) is 4.45. The third-order valence-corrected chi connectivity index (χ3v) is 8.37. The van der Waals surface area contributed by atoms with E-state index in [1.807, 2.05) is 31.2 Å². The van der Waals surface area contributed by atoms with Crippen LogP contribution in [0.5, 0.6) is 11.5 Å². The number of nitrogens with zero attached hydrogens (tertiary/aromatic N) is 2. The van der Waals surface area contributed by atoms with Crippen LogP contribution in [0.4, 0.5) is 5.69 Å². The van der Waals surface area contributed by atoms with Gasteiger partial charge in [-0.15, -0.1) is 11.3 Å². The number of amides is 1. The highest BCUT2D eigenvalue weighted by atomic mass is 32.2. The number of methoxy groups -OCH3 is 2. The molecule has 0 bridgehead atoms. The van der Waals surface area contributed by atoms with Crippen LogP contribution in [-0.4, -0.2) is 35.4 Å². The summed E-state index contributed by atoms with van der Waals surface area (Å²) in [6.07, 6.45) is 4.15. The van der Waals surface area contributed by atoms with Gasteiger partial charge in [-0.05, 0) is 62.4 Å². The molecule has 0 atom stereocenters. The summed E-state index contributed by atoms with van der Waals surface area (Å²) in [6.45, 7) is 2.01. The first-order valence-electron chi connectivity index (χ1n) is 11.8. The van der Waals surface area contributed by atoms with Gasteiger partial charge in [0.15, 0.2) is 16.7 Å². The minimum absolute atomic E-state index is 0.0638. The highest BCUT2D eigenvalue weighted by molar-refractivity contribution is 7.99. The monoisotopic (exact) mass is 521 g/mol. The molecular formula is C27H27N3O4S2. The van der Waals surface area contributed by atoms with Crippen molar-refractivity contribution in [1.29, 1.82) is 0 Å². The Bertz CT molecular complexity index is 1490. The lowest BCUT2D eigenvalue weighted by Crippen LogP contribution is -2.23. The topological polar surface area (TPSA) is 82.5 Å². The van der Waals surface area contributed by atoms with Crippen molar-refractivity contribution in [1.82, 2.24) is 9.55 Å². The summed E-state index contributed by atoms with van der Waals surface area (Å²) in [7, 11) is 3.11. The van der Waals surface area contributed by atoms with Crippen molar-refractivity contribution < 1.29 is 14.3 Å². The second kappa shape index (κ2) is 10.4. The molecule has 5 rings (SSSR count). The number of thiophene rings is 1. The van der Waals surface area contributed by atoms with Gasteiger partial charge in [0, 0.05) is 16.6 Å². The number of aryl methyl sites for hydroxylation is 3. The Labute approximate surface area is 217 Å². The molecule has 2 aromatic heterocycles. The molecule has 0 spiro atoms. The van der Waals surface area contributed by atoms with Crippen molar-refractivity contribution in [2.75, 3.05) is 25.3 Å². The van der Waals surface area contributed by atoms with E-state index >= 15 is 0 Å². The number of ether oxygens (including phenoxy) is 2. The van der Waals surface area contributed by atoms with Crippen LogP contribution in [0.3, 0.4) is 0 Å². The molecule has 2 aromatic carbocycles. The molecule has 0 fully saturated rings. The first-order chi connectivity index (χ1) is 17.5. The van der Waals surface area contributed by atoms with Crippen molar-refractivity contribution in [3.63, 3.8) is 0 Å². The number of thioether (sulfide) groups is 1. The summed E-state index contributed by atoms with van der Waals surface area (Å²) in [6, 6.07) is 13.0. The van der Waals surface area contributed by atoms with Gasteiger partial charge in [0.2, 0.25) is 5.91 Å². The summed E-state index contributed by atoms with van der Waals surface area (Å²) >= 11 is 2.87. The highest BCUT2D eigenvalue weighted by Crippen LogP contribution is 2.35. The molecule has 4 aromatic rings. The number of rotatable bonds is 7. The zero-order valence-electron chi connectivity index (χ0n) is 20.4. The molecule has 9 heteroatoms. The maximum absolute atomic E-state index is 13.8. The highest BCUT2D eigenvalue weighted by Gasteiger charge is 2.23. The number of hydrogen-bond donors (Lipinski definition) is 1. The Balaban J connectivity index is 1.47. The number of aromatic nitrogens is 2. The van der Waals surface area contributed by atoms with Crippen molar-refractivity contribution in [2.45, 2.75) is 37.8 Å². The number of carbonyl (C=O) groups excluding carboxylic acids is 1. The largest absolute Gasteiger partial charge is 0.493 e. The standard InChI is InChI=1S/C27H27N3O4S2/c1-16-8-11-18(12-9-16)30-26(32)24-19-6-4-5-7-22(19)36-25(24)29-27(30)35-15-23(31)28-17-10-13-20(33-2)21(14-17)34-3/h8-14H,4-7,15H2,1-3H3,(H,28,31). The summed E-state index contributed by atoms with van der Waals surface area (Å²) in [5, 5.41) is 4.13. The second-order valence-electron chi connectivity index (χ2n) is 8.67. The van der Waals surface area contributed by atoms with Crippen LogP contribution in [0, 0.1) is 6.92 Å². The quantitative estimate of drug-likeness (QED) is 0.260. The Morgan fingerprint density at radius 2 is 1.83 bits per heavy atom. The summed E-state index contributed by atoms with van der Waals surface area (Å²) in [5.74, 6) is 1.01. The van der Waals surface area contributed by atoms with Gasteiger partial charge >= 0.3 is 0 Å². The van der Waals surface area contributed by atoms with Gasteiger partial charge in [-0.3, -0.25) is 14.2 Å². The van der Waals surface area contributed by atoms with Gasteiger partial charge in [0.25, 0.3) is 5.56 Å². The molecular weight excluding hydrogens is 494 g/mol. The van der Waals surface area contributed by atoms with E-state index in [1.54, 1.807) is 48.3 Å². The van der Waals surface area contributed by atoms with Crippen LogP contribution in [0.1, 0.15) is 28.8 Å². The number of hydrogen-bond acceptors (Lipinski definition) is 7. The predicted molar refractivity (Wildman–Crippen MR) is 145 cm³/mol. The maximum atomic E-state index is 13.8. The van der Waals surface area contributed by atoms with Crippen LogP contribution >= 0.6 is 23.1 Å². The number of benzene rings is 2. The molecule has 7 nitrogen and oxygen atoms in total. The molecule has 0 saturated carbocycles. The molecule has 1 aliphatic carbocycles. The second-order valence-corrected chi connectivity index (χ2v) is 10.7. The first kappa shape index (κ1) is 24.4. The third-order valence-electron chi connectivity index (χ3n) is 6.25. The van der Waals surface area contributed by atoms with Gasteiger partial charge in [-0.25, -0.2) is 4.98 Å². The molecule has 186 valence electrons. The van der Waals surface area contributed by atoms with Gasteiger partial charge in [0.1, 0.15) is 4.83 Å². The van der Waals surface area contributed by atoms with E-state index in [4.69, 9.17) is 14.5 Å². The number of anilines is 1. The molecule has 2 heterocycles. The van der Waals surface area contributed by atoms with Gasteiger partial charge < -0.3 is 14.8 Å². The Morgan fingerprint density at radius 3 is 2.58 bits per heavy atom. The Hall–Kier alpha value is -3.30. The number of carbonyl (C=O) groups is 1. The number of fused-ring (bicyclic) bond motifs is 3. The molecule has 0 saturated heterocycles. The van der Waals surface area contributed by atoms with E-state index in [0.29, 0.717) is 22.3 Å². The normalized spacial score (nSPS) is 12.9. The van der Waals surface area contributed by atoms with Crippen LogP contribution < -0.4 is 20.3 Å². The molecule has 1 N–H and O–H groups in total. The average molecular weight is 522 g/mol. The Morgan fingerprint density at radius 1 is 1.08 bits per heavy atom. The van der Waals surface area contributed by atoms with E-state index in [9.17, 15) is 9.59 Å². The lowest BCUT2D eigenvalue weighted by Gasteiger charge is -2.14. The van der Waals surface area contributed by atoms with Crippen LogP contribution in [0.25, 0.3) is 15.9 Å². The van der Waals surface area contributed by atoms with Gasteiger partial charge in [-0.1, -0.05) is 29.5 Å². The fraction of sp³-hybridized carbons (Fsp3) is 0.296. The Kier molecular flexibility index (Phi) is 7.02. The van der Waals surface area contributed by atoms with Crippen molar-refractivity contribution >= 4 is 44.9 Å². The summed E-state index contributed by atoms with van der Waals surface area (Å²) in [4.78, 5) is 33.6. The van der Waals surface area contributed by atoms with E-state index in [2.05, 4.69) is 5.32 Å². The lowest BCUT2D eigenvalue weighted by atomic mass is 9.97. The number of nitrogens with one attached hydrogen (secondary N) is 1. The van der Waals surface area contributed by atoms with Crippen LogP contribution in [-0.2, 0) is 17.6 Å². The van der Waals surface area contributed by atoms with Crippen molar-refractivity contribution in [3.8, 4) is 17.2 Å².